The van der Waals surface area contributed by atoms with Crippen LogP contribution in [0.15, 0.2) is 122 Å². The van der Waals surface area contributed by atoms with Gasteiger partial charge in [0, 0.05) is 13.0 Å². The predicted octanol–water partition coefficient (Wildman–Crippen LogP) is 11.4. The molecule has 13 heteroatoms. The number of ether oxygens (including phenoxy) is 2. The van der Waals surface area contributed by atoms with E-state index < -0.39 is 63.1 Å². The Morgan fingerprint density at radius 3 is 1.25 bits per heavy atom. The first-order valence-electron chi connectivity index (χ1n) is 25.4. The van der Waals surface area contributed by atoms with Crippen LogP contribution in [0.4, 0.5) is 0 Å². The molecule has 0 spiro atoms. The molecule has 0 aromatic rings. The van der Waals surface area contributed by atoms with Crippen LogP contribution in [0.2, 0.25) is 0 Å². The van der Waals surface area contributed by atoms with E-state index in [-0.39, 0.29) is 13.0 Å². The molecule has 1 saturated carbocycles. The minimum absolute atomic E-state index is 0.110. The molecule has 0 aromatic heterocycles. The van der Waals surface area contributed by atoms with Gasteiger partial charge >= 0.3 is 13.8 Å². The van der Waals surface area contributed by atoms with Gasteiger partial charge in [-0.1, -0.05) is 167 Å². The second kappa shape index (κ2) is 43.7. The first-order valence-corrected chi connectivity index (χ1v) is 26.9. The van der Waals surface area contributed by atoms with Crippen molar-refractivity contribution in [2.45, 2.75) is 198 Å². The van der Waals surface area contributed by atoms with Crippen LogP contribution in [0.1, 0.15) is 155 Å². The van der Waals surface area contributed by atoms with E-state index in [1.54, 1.807) is 0 Å². The minimum atomic E-state index is -5.05. The van der Waals surface area contributed by atoms with E-state index in [0.29, 0.717) is 13.0 Å². The van der Waals surface area contributed by atoms with E-state index in [0.717, 1.165) is 128 Å². The summed E-state index contributed by atoms with van der Waals surface area (Å²) < 4.78 is 34.2. The fraction of sp³-hybridized carbons (Fsp3) is 0.618. The van der Waals surface area contributed by atoms with Crippen molar-refractivity contribution in [3.63, 3.8) is 0 Å². The molecule has 0 aromatic carbocycles. The Bertz CT molecular complexity index is 1580. The quantitative estimate of drug-likeness (QED) is 0.0147. The van der Waals surface area contributed by atoms with Gasteiger partial charge in [0.15, 0.2) is 0 Å². The van der Waals surface area contributed by atoms with E-state index in [1.807, 2.05) is 0 Å². The Morgan fingerprint density at radius 2 is 0.824 bits per heavy atom. The highest BCUT2D eigenvalue weighted by atomic mass is 31.2. The van der Waals surface area contributed by atoms with Crippen LogP contribution in [0.3, 0.4) is 0 Å². The van der Waals surface area contributed by atoms with Gasteiger partial charge in [-0.2, -0.15) is 0 Å². The number of allylic oxidation sites excluding steroid dienone is 20. The molecular formula is C55H89O12P. The van der Waals surface area contributed by atoms with Crippen molar-refractivity contribution in [1.29, 1.82) is 0 Å². The molecule has 0 amide bonds. The number of phosphoric ester groups is 1. The van der Waals surface area contributed by atoms with Gasteiger partial charge in [0.25, 0.3) is 0 Å². The van der Waals surface area contributed by atoms with E-state index in [1.165, 1.54) is 0 Å². The third kappa shape index (κ3) is 34.9. The number of phosphoric acid groups is 1. The lowest BCUT2D eigenvalue weighted by atomic mass is 9.85. The number of aliphatic hydroxyl groups excluding tert-OH is 5. The normalized spacial score (nSPS) is 22.2. The van der Waals surface area contributed by atoms with Crippen LogP contribution < -0.4 is 0 Å². The summed E-state index contributed by atoms with van der Waals surface area (Å²) in [7, 11) is -5.05. The smallest absolute Gasteiger partial charge is 0.457 e. The predicted molar refractivity (Wildman–Crippen MR) is 276 cm³/mol. The summed E-state index contributed by atoms with van der Waals surface area (Å²) in [5.74, 6) is -0.514. The Kier molecular flexibility index (Phi) is 40.4. The van der Waals surface area contributed by atoms with Crippen molar-refractivity contribution in [3.05, 3.63) is 122 Å². The van der Waals surface area contributed by atoms with Crippen LogP contribution in [0, 0.1) is 0 Å². The number of aliphatic hydroxyl groups is 5. The van der Waals surface area contributed by atoms with Crippen LogP contribution >= 0.6 is 7.82 Å². The van der Waals surface area contributed by atoms with Crippen molar-refractivity contribution in [3.8, 4) is 0 Å². The summed E-state index contributed by atoms with van der Waals surface area (Å²) in [6.45, 7) is 3.94. The average molecular weight is 973 g/mol. The topological polar surface area (TPSA) is 192 Å². The number of esters is 1. The number of rotatable bonds is 41. The zero-order chi connectivity index (χ0) is 49.8. The van der Waals surface area contributed by atoms with Crippen LogP contribution in [-0.2, 0) is 27.9 Å². The molecule has 12 nitrogen and oxygen atoms in total. The fourth-order valence-electron chi connectivity index (χ4n) is 6.88. The van der Waals surface area contributed by atoms with Gasteiger partial charge in [-0.3, -0.25) is 13.8 Å². The fourth-order valence-corrected chi connectivity index (χ4v) is 7.85. The second-order valence-electron chi connectivity index (χ2n) is 16.9. The number of unbranched alkanes of at least 4 members (excludes halogenated alkanes) is 9. The maximum absolute atomic E-state index is 12.9. The summed E-state index contributed by atoms with van der Waals surface area (Å²) in [5.41, 5.74) is 0. The van der Waals surface area contributed by atoms with Crippen LogP contribution in [0.5, 0.6) is 0 Å². The van der Waals surface area contributed by atoms with E-state index in [2.05, 4.69) is 135 Å². The molecule has 0 bridgehead atoms. The summed E-state index contributed by atoms with van der Waals surface area (Å²) in [6.07, 6.45) is 51.2. The standard InChI is InChI=1S/C55H89O12P/c1-3-5-7-9-11-13-15-17-19-21-22-23-24-25-26-27-29-31-33-35-37-39-41-43-45-64-46-48(47-65-68(62,63)67-55-53(60)51(58)50(57)52(59)54(55)61)66-49(56)44-42-40-38-36-34-32-30-28-20-18-16-14-12-10-8-6-4-2/h5-8,11-14,17-20,22-23,25-26,29-32,48,50-55,57-61H,3-4,9-10,15-16,21,24,27-28,33-47H2,1-2H3,(H,62,63)/b7-5-,8-6-,13-11-,14-12-,19-17-,20-18-,23-22-,26-25-,31-29-,32-30-. The summed E-state index contributed by atoms with van der Waals surface area (Å²) in [4.78, 5) is 23.2. The van der Waals surface area contributed by atoms with Gasteiger partial charge in [-0.15, -0.1) is 0 Å². The molecule has 386 valence electrons. The monoisotopic (exact) mass is 973 g/mol. The number of hydrogen-bond acceptors (Lipinski definition) is 11. The lowest BCUT2D eigenvalue weighted by Gasteiger charge is -2.41. The number of carbonyl (C=O) groups is 1. The van der Waals surface area contributed by atoms with E-state index >= 15 is 0 Å². The highest BCUT2D eigenvalue weighted by molar-refractivity contribution is 7.47. The van der Waals surface area contributed by atoms with Crippen molar-refractivity contribution >= 4 is 13.8 Å². The maximum atomic E-state index is 12.9. The molecule has 0 radical (unpaired) electrons. The first-order chi connectivity index (χ1) is 33.0. The molecule has 0 aliphatic heterocycles. The third-order valence-electron chi connectivity index (χ3n) is 10.8. The van der Waals surface area contributed by atoms with Gasteiger partial charge in [-0.25, -0.2) is 4.57 Å². The highest BCUT2D eigenvalue weighted by Crippen LogP contribution is 2.47. The van der Waals surface area contributed by atoms with Gasteiger partial charge in [-0.05, 0) is 103 Å². The zero-order valence-electron chi connectivity index (χ0n) is 41.3. The Morgan fingerprint density at radius 1 is 0.471 bits per heavy atom. The Hall–Kier alpha value is -3.26. The molecule has 1 aliphatic carbocycles. The first kappa shape index (κ1) is 62.8. The maximum Gasteiger partial charge on any atom is 0.472 e. The van der Waals surface area contributed by atoms with Gasteiger partial charge in [0.1, 0.15) is 42.7 Å². The van der Waals surface area contributed by atoms with Crippen molar-refractivity contribution in [2.24, 2.45) is 0 Å². The van der Waals surface area contributed by atoms with E-state index in [4.69, 9.17) is 18.5 Å². The lowest BCUT2D eigenvalue weighted by molar-refractivity contribution is -0.220. The molecule has 0 heterocycles. The molecule has 1 fully saturated rings. The Labute approximate surface area is 409 Å². The average Bonchev–Trinajstić information content (AvgIpc) is 3.32. The Balaban J connectivity index is 2.39. The summed E-state index contributed by atoms with van der Waals surface area (Å²) in [6, 6.07) is 0. The molecule has 1 aliphatic rings. The molecular weight excluding hydrogens is 884 g/mol. The minimum Gasteiger partial charge on any atom is -0.457 e. The molecule has 68 heavy (non-hydrogen) atoms. The van der Waals surface area contributed by atoms with Gasteiger partial charge in [0.05, 0.1) is 13.2 Å². The van der Waals surface area contributed by atoms with Crippen LogP contribution in [0.25, 0.3) is 0 Å². The van der Waals surface area contributed by atoms with Crippen molar-refractivity contribution in [1.82, 2.24) is 0 Å². The summed E-state index contributed by atoms with van der Waals surface area (Å²) >= 11 is 0. The molecule has 0 saturated heterocycles. The number of hydrogen-bond donors (Lipinski definition) is 6. The molecule has 1 rings (SSSR count). The summed E-state index contributed by atoms with van der Waals surface area (Å²) in [5, 5.41) is 50.3. The van der Waals surface area contributed by atoms with Gasteiger partial charge < -0.3 is 39.9 Å². The third-order valence-corrected chi connectivity index (χ3v) is 11.8. The van der Waals surface area contributed by atoms with E-state index in [9.17, 15) is 39.8 Å². The molecule has 6 atom stereocenters. The van der Waals surface area contributed by atoms with Crippen LogP contribution in [-0.4, -0.2) is 98.9 Å². The van der Waals surface area contributed by atoms with Gasteiger partial charge in [0.2, 0.25) is 0 Å². The second-order valence-corrected chi connectivity index (χ2v) is 18.3. The molecule has 6 unspecified atom stereocenters. The SMILES string of the molecule is CC/C=C\C/C=C\C/C=C\C/C=C\C/C=C\C/C=C\CCCCCCCOCC(COP(=O)(O)OC1C(O)C(O)C(O)C(O)C1O)OC(=O)CCCCCC/C=C\C/C=C\C/C=C\C/C=C\CC. The zero-order valence-corrected chi connectivity index (χ0v) is 42.2. The molecule has 6 N–H and O–H groups in total. The van der Waals surface area contributed by atoms with Crippen molar-refractivity contribution in [2.75, 3.05) is 19.8 Å². The lowest BCUT2D eigenvalue weighted by Crippen LogP contribution is -2.64. The largest absolute Gasteiger partial charge is 0.472 e. The number of carbonyl (C=O) groups excluding carboxylic acids is 1. The highest BCUT2D eigenvalue weighted by Gasteiger charge is 2.51. The van der Waals surface area contributed by atoms with Crippen molar-refractivity contribution < 1.29 is 58.3 Å².